The molecule has 0 spiro atoms. The number of benzene rings is 2. The number of carbonyl (C=O) groups is 1. The smallest absolute Gasteiger partial charge is 0.336 e. The van der Waals surface area contributed by atoms with Gasteiger partial charge in [0, 0.05) is 37.5 Å². The Kier molecular flexibility index (Phi) is 6.78. The lowest BCUT2D eigenvalue weighted by Gasteiger charge is -2.34. The van der Waals surface area contributed by atoms with Crippen molar-refractivity contribution in [3.8, 4) is 0 Å². The Hall–Kier alpha value is -2.04. The fourth-order valence-corrected chi connectivity index (χ4v) is 5.17. The number of alkyl halides is 3. The van der Waals surface area contributed by atoms with E-state index >= 15 is 0 Å². The highest BCUT2D eigenvalue weighted by Crippen LogP contribution is 2.30. The summed E-state index contributed by atoms with van der Waals surface area (Å²) in [5, 5.41) is 0. The Morgan fingerprint density at radius 2 is 1.67 bits per heavy atom. The molecular formula is C20H21F3N2O3S2. The molecule has 0 aliphatic carbocycles. The third-order valence-corrected chi connectivity index (χ3v) is 7.37. The lowest BCUT2D eigenvalue weighted by atomic mass is 10.1. The van der Waals surface area contributed by atoms with Gasteiger partial charge in [0.25, 0.3) is 5.91 Å². The van der Waals surface area contributed by atoms with Crippen LogP contribution in [-0.2, 0) is 22.0 Å². The number of halogens is 3. The summed E-state index contributed by atoms with van der Waals surface area (Å²) in [7, 11) is -3.93. The van der Waals surface area contributed by atoms with Gasteiger partial charge in [-0.2, -0.15) is 29.2 Å². The van der Waals surface area contributed by atoms with Gasteiger partial charge < -0.3 is 4.90 Å². The number of thioether (sulfide) groups is 1. The van der Waals surface area contributed by atoms with Gasteiger partial charge in [-0.15, -0.1) is 0 Å². The number of hydrogen-bond acceptors (Lipinski definition) is 4. The molecule has 0 aromatic heterocycles. The third-order valence-electron chi connectivity index (χ3n) is 4.83. The Bertz CT molecular complexity index is 1000. The molecule has 10 heteroatoms. The molecule has 2 aromatic carbocycles. The highest BCUT2D eigenvalue weighted by Gasteiger charge is 2.33. The van der Waals surface area contributed by atoms with Crippen LogP contribution in [0.4, 0.5) is 13.2 Å². The van der Waals surface area contributed by atoms with E-state index in [1.54, 1.807) is 22.7 Å². The van der Waals surface area contributed by atoms with Gasteiger partial charge in [-0.25, -0.2) is 8.42 Å². The standard InChI is InChI=1S/C20H21F3N2O3S2/c1-29-14-15-3-2-4-16(13-15)19(26)24-9-11-25(12-10-24)30(27,28)18-7-5-17(6-8-18)20(21,22)23/h2-8,13H,9-12,14H2,1H3. The van der Waals surface area contributed by atoms with Crippen LogP contribution < -0.4 is 0 Å². The van der Waals surface area contributed by atoms with Gasteiger partial charge in [0.2, 0.25) is 10.0 Å². The molecule has 1 saturated heterocycles. The Balaban J connectivity index is 1.67. The maximum Gasteiger partial charge on any atom is 0.416 e. The Morgan fingerprint density at radius 3 is 2.23 bits per heavy atom. The average molecular weight is 459 g/mol. The molecular weight excluding hydrogens is 437 g/mol. The van der Waals surface area contributed by atoms with Crippen molar-refractivity contribution >= 4 is 27.7 Å². The predicted octanol–water partition coefficient (Wildman–Crippen LogP) is 3.72. The second-order valence-electron chi connectivity index (χ2n) is 6.85. The Labute approximate surface area is 177 Å². The van der Waals surface area contributed by atoms with Crippen molar-refractivity contribution < 1.29 is 26.4 Å². The van der Waals surface area contributed by atoms with E-state index in [1.807, 2.05) is 24.5 Å². The molecule has 3 rings (SSSR count). The summed E-state index contributed by atoms with van der Waals surface area (Å²) < 4.78 is 64.8. The normalized spacial score (nSPS) is 15.9. The number of carbonyl (C=O) groups excluding carboxylic acids is 1. The maximum atomic E-state index is 12.8. The van der Waals surface area contributed by atoms with Crippen molar-refractivity contribution in [2.75, 3.05) is 32.4 Å². The van der Waals surface area contributed by atoms with Gasteiger partial charge in [-0.3, -0.25) is 4.79 Å². The number of rotatable bonds is 5. The van der Waals surface area contributed by atoms with Gasteiger partial charge in [0.05, 0.1) is 10.5 Å². The molecule has 1 aliphatic rings. The van der Waals surface area contributed by atoms with Crippen LogP contribution in [0.15, 0.2) is 53.4 Å². The molecule has 0 atom stereocenters. The van der Waals surface area contributed by atoms with Crippen LogP contribution in [0.1, 0.15) is 21.5 Å². The molecule has 0 unspecified atom stereocenters. The lowest BCUT2D eigenvalue weighted by Crippen LogP contribution is -2.50. The van der Waals surface area contributed by atoms with Gasteiger partial charge in [-0.05, 0) is 48.2 Å². The van der Waals surface area contributed by atoms with Crippen molar-refractivity contribution in [1.29, 1.82) is 0 Å². The van der Waals surface area contributed by atoms with Gasteiger partial charge in [-0.1, -0.05) is 12.1 Å². The van der Waals surface area contributed by atoms with Crippen molar-refractivity contribution in [3.63, 3.8) is 0 Å². The first-order valence-corrected chi connectivity index (χ1v) is 12.0. The van der Waals surface area contributed by atoms with E-state index < -0.39 is 21.8 Å². The summed E-state index contributed by atoms with van der Waals surface area (Å²) in [6, 6.07) is 10.8. The van der Waals surface area contributed by atoms with Crippen molar-refractivity contribution in [1.82, 2.24) is 9.21 Å². The summed E-state index contributed by atoms with van der Waals surface area (Å²) in [5.74, 6) is 0.629. The second-order valence-corrected chi connectivity index (χ2v) is 9.66. The van der Waals surface area contributed by atoms with Crippen molar-refractivity contribution in [2.24, 2.45) is 0 Å². The highest BCUT2D eigenvalue weighted by molar-refractivity contribution is 7.97. The van der Waals surface area contributed by atoms with Crippen LogP contribution in [0.5, 0.6) is 0 Å². The predicted molar refractivity (Wildman–Crippen MR) is 110 cm³/mol. The lowest BCUT2D eigenvalue weighted by molar-refractivity contribution is -0.137. The first-order valence-electron chi connectivity index (χ1n) is 9.17. The summed E-state index contributed by atoms with van der Waals surface area (Å²) in [5.41, 5.74) is 0.693. The fourth-order valence-electron chi connectivity index (χ4n) is 3.24. The number of piperazine rings is 1. The minimum Gasteiger partial charge on any atom is -0.336 e. The molecule has 0 radical (unpaired) electrons. The monoisotopic (exact) mass is 458 g/mol. The summed E-state index contributed by atoms with van der Waals surface area (Å²) >= 11 is 1.65. The van der Waals surface area contributed by atoms with E-state index in [9.17, 15) is 26.4 Å². The van der Waals surface area contributed by atoms with E-state index in [1.165, 1.54) is 4.31 Å². The summed E-state index contributed by atoms with van der Waals surface area (Å²) in [6.07, 6.45) is -2.55. The minimum atomic E-state index is -4.53. The zero-order chi connectivity index (χ0) is 21.9. The molecule has 162 valence electrons. The maximum absolute atomic E-state index is 12.8. The van der Waals surface area contributed by atoms with E-state index in [-0.39, 0.29) is 37.0 Å². The largest absolute Gasteiger partial charge is 0.416 e. The molecule has 2 aromatic rings. The minimum absolute atomic E-state index is 0.0829. The van der Waals surface area contributed by atoms with Crippen molar-refractivity contribution in [3.05, 3.63) is 65.2 Å². The number of nitrogens with zero attached hydrogens (tertiary/aromatic N) is 2. The van der Waals surface area contributed by atoms with Crippen molar-refractivity contribution in [2.45, 2.75) is 16.8 Å². The van der Waals surface area contributed by atoms with Gasteiger partial charge >= 0.3 is 6.18 Å². The topological polar surface area (TPSA) is 57.7 Å². The van der Waals surface area contributed by atoms with Gasteiger partial charge in [0.15, 0.2) is 0 Å². The molecule has 5 nitrogen and oxygen atoms in total. The van der Waals surface area contributed by atoms with E-state index in [4.69, 9.17) is 0 Å². The molecule has 1 aliphatic heterocycles. The Morgan fingerprint density at radius 1 is 1.03 bits per heavy atom. The molecule has 0 N–H and O–H groups in total. The molecule has 1 fully saturated rings. The molecule has 1 amide bonds. The zero-order valence-corrected chi connectivity index (χ0v) is 17.9. The van der Waals surface area contributed by atoms with E-state index in [2.05, 4.69) is 0 Å². The van der Waals surface area contributed by atoms with Crippen LogP contribution in [0.3, 0.4) is 0 Å². The SMILES string of the molecule is CSCc1cccc(C(=O)N2CCN(S(=O)(=O)c3ccc(C(F)(F)F)cc3)CC2)c1. The third kappa shape index (κ3) is 4.98. The highest BCUT2D eigenvalue weighted by atomic mass is 32.2. The van der Waals surface area contributed by atoms with Crippen LogP contribution in [0.2, 0.25) is 0 Å². The van der Waals surface area contributed by atoms with E-state index in [0.717, 1.165) is 35.6 Å². The summed E-state index contributed by atoms with van der Waals surface area (Å²) in [4.78, 5) is 14.2. The second kappa shape index (κ2) is 8.99. The van der Waals surface area contributed by atoms with Crippen LogP contribution in [0, 0.1) is 0 Å². The molecule has 1 heterocycles. The van der Waals surface area contributed by atoms with E-state index in [0.29, 0.717) is 5.56 Å². The molecule has 30 heavy (non-hydrogen) atoms. The quantitative estimate of drug-likeness (QED) is 0.686. The molecule has 0 saturated carbocycles. The number of amides is 1. The first kappa shape index (κ1) is 22.6. The fraction of sp³-hybridized carbons (Fsp3) is 0.350. The first-order chi connectivity index (χ1) is 14.1. The van der Waals surface area contributed by atoms with Crippen LogP contribution in [0.25, 0.3) is 0 Å². The molecule has 0 bridgehead atoms. The van der Waals surface area contributed by atoms with Crippen LogP contribution >= 0.6 is 11.8 Å². The van der Waals surface area contributed by atoms with Crippen LogP contribution in [-0.4, -0.2) is 56.0 Å². The zero-order valence-electron chi connectivity index (χ0n) is 16.2. The number of sulfonamides is 1. The van der Waals surface area contributed by atoms with Gasteiger partial charge in [0.1, 0.15) is 0 Å². The number of hydrogen-bond donors (Lipinski definition) is 0. The average Bonchev–Trinajstić information content (AvgIpc) is 2.73. The summed E-state index contributed by atoms with van der Waals surface area (Å²) in [6.45, 7) is 0.593.